The van der Waals surface area contributed by atoms with Crippen LogP contribution < -0.4 is 10.1 Å². The third kappa shape index (κ3) is 3.62. The van der Waals surface area contributed by atoms with Gasteiger partial charge in [0.25, 0.3) is 0 Å². The summed E-state index contributed by atoms with van der Waals surface area (Å²) in [6, 6.07) is 14.0. The van der Waals surface area contributed by atoms with Crippen LogP contribution in [0.5, 0.6) is 11.5 Å². The summed E-state index contributed by atoms with van der Waals surface area (Å²) in [4.78, 5) is 12.2. The van der Waals surface area contributed by atoms with E-state index in [0.29, 0.717) is 17.3 Å². The molecule has 1 N–H and O–H groups in total. The van der Waals surface area contributed by atoms with Crippen molar-refractivity contribution in [2.75, 3.05) is 11.1 Å². The molecule has 7 heteroatoms. The van der Waals surface area contributed by atoms with Gasteiger partial charge in [0.2, 0.25) is 5.91 Å². The van der Waals surface area contributed by atoms with Gasteiger partial charge in [-0.25, -0.2) is 9.07 Å². The summed E-state index contributed by atoms with van der Waals surface area (Å²) in [7, 11) is 0. The fraction of sp³-hybridized carbons (Fsp3) is 0.238. The van der Waals surface area contributed by atoms with E-state index in [1.165, 1.54) is 17.8 Å². The smallest absolute Gasteiger partial charge is 0.235 e. The molecule has 2 heterocycles. The molecule has 0 radical (unpaired) electrons. The number of nitrogens with zero attached hydrogens (tertiary/aromatic N) is 2. The van der Waals surface area contributed by atoms with Crippen LogP contribution in [0.3, 0.4) is 0 Å². The predicted molar refractivity (Wildman–Crippen MR) is 108 cm³/mol. The van der Waals surface area contributed by atoms with Crippen LogP contribution in [0.1, 0.15) is 36.3 Å². The highest BCUT2D eigenvalue weighted by Crippen LogP contribution is 2.43. The lowest BCUT2D eigenvalue weighted by Crippen LogP contribution is -2.17. The van der Waals surface area contributed by atoms with E-state index in [1.807, 2.05) is 32.0 Å². The van der Waals surface area contributed by atoms with E-state index in [4.69, 9.17) is 4.74 Å². The third-order valence-electron chi connectivity index (χ3n) is 4.46. The maximum absolute atomic E-state index is 14.4. The second kappa shape index (κ2) is 7.67. The van der Waals surface area contributed by atoms with Gasteiger partial charge in [-0.05, 0) is 43.7 Å². The van der Waals surface area contributed by atoms with Crippen molar-refractivity contribution >= 4 is 23.5 Å². The van der Waals surface area contributed by atoms with Crippen molar-refractivity contribution in [3.05, 3.63) is 71.7 Å². The molecule has 0 saturated heterocycles. The number of hydrogen-bond acceptors (Lipinski definition) is 4. The second-order valence-corrected chi connectivity index (χ2v) is 7.92. The Hall–Kier alpha value is -2.80. The van der Waals surface area contributed by atoms with Crippen LogP contribution in [0.2, 0.25) is 0 Å². The lowest BCUT2D eigenvalue weighted by atomic mass is 10.1. The number of fused-ring (bicyclic) bond motifs is 1. The highest BCUT2D eigenvalue weighted by Gasteiger charge is 2.29. The Morgan fingerprint density at radius 3 is 2.79 bits per heavy atom. The molecule has 28 heavy (non-hydrogen) atoms. The quantitative estimate of drug-likeness (QED) is 0.660. The average Bonchev–Trinajstić information content (AvgIpc) is 3.01. The van der Waals surface area contributed by atoms with Crippen molar-refractivity contribution < 1.29 is 13.9 Å². The summed E-state index contributed by atoms with van der Waals surface area (Å²) < 4.78 is 21.9. The molecule has 1 aliphatic rings. The van der Waals surface area contributed by atoms with Crippen LogP contribution in [-0.2, 0) is 4.79 Å². The van der Waals surface area contributed by atoms with Gasteiger partial charge in [-0.2, -0.15) is 5.10 Å². The zero-order chi connectivity index (χ0) is 19.7. The minimum atomic E-state index is -0.432. The zero-order valence-electron chi connectivity index (χ0n) is 15.6. The molecule has 0 unspecified atom stereocenters. The second-order valence-electron chi connectivity index (χ2n) is 6.83. The minimum Gasteiger partial charge on any atom is -0.454 e. The number of thioether (sulfide) groups is 1. The van der Waals surface area contributed by atoms with Crippen molar-refractivity contribution in [2.24, 2.45) is 0 Å². The monoisotopic (exact) mass is 397 g/mol. The number of amides is 1. The normalized spacial score (nSPS) is 16.4. The fourth-order valence-electron chi connectivity index (χ4n) is 3.16. The molecule has 0 aliphatic carbocycles. The Bertz CT molecular complexity index is 1000. The van der Waals surface area contributed by atoms with Gasteiger partial charge in [0.1, 0.15) is 11.6 Å². The zero-order valence-corrected chi connectivity index (χ0v) is 16.4. The van der Waals surface area contributed by atoms with Gasteiger partial charge in [0.05, 0.1) is 17.2 Å². The number of rotatable bonds is 4. The lowest BCUT2D eigenvalue weighted by Gasteiger charge is -2.17. The van der Waals surface area contributed by atoms with Crippen molar-refractivity contribution in [3.8, 4) is 11.5 Å². The average molecular weight is 397 g/mol. The number of hydrogen-bond donors (Lipinski definition) is 1. The molecule has 0 fully saturated rings. The number of carbonyl (C=O) groups excluding carboxylic acids is 1. The number of para-hydroxylation sites is 1. The van der Waals surface area contributed by atoms with Gasteiger partial charge in [-0.3, -0.25) is 4.79 Å². The van der Waals surface area contributed by atoms with E-state index in [2.05, 4.69) is 10.4 Å². The van der Waals surface area contributed by atoms with Crippen LogP contribution in [0.25, 0.3) is 0 Å². The lowest BCUT2D eigenvalue weighted by molar-refractivity contribution is -0.113. The first kappa shape index (κ1) is 18.6. The van der Waals surface area contributed by atoms with Gasteiger partial charge in [-0.1, -0.05) is 24.3 Å². The summed E-state index contributed by atoms with van der Waals surface area (Å²) in [5.41, 5.74) is 1.76. The Balaban J connectivity index is 1.73. The summed E-state index contributed by atoms with van der Waals surface area (Å²) in [6.45, 7) is 4.02. The molecule has 0 bridgehead atoms. The van der Waals surface area contributed by atoms with Crippen LogP contribution in [0.4, 0.5) is 10.2 Å². The van der Waals surface area contributed by atoms with E-state index in [1.54, 1.807) is 35.1 Å². The fourth-order valence-corrected chi connectivity index (χ4v) is 4.24. The molecular formula is C21H20FN3O2S. The SMILES string of the molecule is CC(C)n1ncc2c1NC(=O)CS[C@H]2c1ccc(F)c(Oc2ccccc2)c1. The maximum atomic E-state index is 14.4. The van der Waals surface area contributed by atoms with Crippen molar-refractivity contribution in [1.29, 1.82) is 0 Å². The third-order valence-corrected chi connectivity index (χ3v) is 5.75. The number of benzene rings is 2. The summed E-state index contributed by atoms with van der Waals surface area (Å²) in [6.07, 6.45) is 1.78. The van der Waals surface area contributed by atoms with Crippen LogP contribution >= 0.6 is 11.8 Å². The summed E-state index contributed by atoms with van der Waals surface area (Å²) in [5.74, 6) is 1.23. The van der Waals surface area contributed by atoms with Crippen molar-refractivity contribution in [2.45, 2.75) is 25.1 Å². The largest absolute Gasteiger partial charge is 0.454 e. The van der Waals surface area contributed by atoms with E-state index < -0.39 is 5.82 Å². The molecule has 4 rings (SSSR count). The van der Waals surface area contributed by atoms with Gasteiger partial charge in [0, 0.05) is 11.6 Å². The Labute approximate surface area is 166 Å². The Morgan fingerprint density at radius 1 is 1.25 bits per heavy atom. The van der Waals surface area contributed by atoms with Gasteiger partial charge < -0.3 is 10.1 Å². The molecule has 0 saturated carbocycles. The first-order chi connectivity index (χ1) is 13.5. The Morgan fingerprint density at radius 2 is 2.04 bits per heavy atom. The number of ether oxygens (including phenoxy) is 1. The van der Waals surface area contributed by atoms with Crippen molar-refractivity contribution in [3.63, 3.8) is 0 Å². The highest BCUT2D eigenvalue weighted by molar-refractivity contribution is 8.00. The van der Waals surface area contributed by atoms with Gasteiger partial charge >= 0.3 is 0 Å². The van der Waals surface area contributed by atoms with Crippen LogP contribution in [0.15, 0.2) is 54.7 Å². The van der Waals surface area contributed by atoms with E-state index in [0.717, 1.165) is 11.1 Å². The molecule has 3 aromatic rings. The highest BCUT2D eigenvalue weighted by atomic mass is 32.2. The molecular weight excluding hydrogens is 377 g/mol. The van der Waals surface area contributed by atoms with Crippen LogP contribution in [-0.4, -0.2) is 21.4 Å². The molecule has 1 aromatic heterocycles. The molecule has 1 atom stereocenters. The minimum absolute atomic E-state index is 0.0704. The number of anilines is 1. The van der Waals surface area contributed by atoms with Gasteiger partial charge in [-0.15, -0.1) is 11.8 Å². The molecule has 1 aliphatic heterocycles. The molecule has 5 nitrogen and oxygen atoms in total. The van der Waals surface area contributed by atoms with E-state index >= 15 is 0 Å². The van der Waals surface area contributed by atoms with E-state index in [-0.39, 0.29) is 22.9 Å². The predicted octanol–water partition coefficient (Wildman–Crippen LogP) is 5.17. The molecule has 1 amide bonds. The van der Waals surface area contributed by atoms with E-state index in [9.17, 15) is 9.18 Å². The summed E-state index contributed by atoms with van der Waals surface area (Å²) >= 11 is 1.49. The number of nitrogens with one attached hydrogen (secondary N) is 1. The molecule has 2 aromatic carbocycles. The Kier molecular flexibility index (Phi) is 5.09. The molecule has 144 valence electrons. The first-order valence-corrected chi connectivity index (χ1v) is 10.1. The number of carbonyl (C=O) groups is 1. The van der Waals surface area contributed by atoms with Crippen LogP contribution in [0, 0.1) is 5.82 Å². The standard InChI is InChI=1S/C21H20FN3O2S/c1-13(2)25-21-16(11-23-25)20(28-12-19(26)24-21)14-8-9-17(22)18(10-14)27-15-6-4-3-5-7-15/h3-11,13,20H,12H2,1-2H3,(H,24,26)/t20-/m0/s1. The van der Waals surface area contributed by atoms with Gasteiger partial charge in [0.15, 0.2) is 11.6 Å². The number of aromatic nitrogens is 2. The number of halogens is 1. The first-order valence-electron chi connectivity index (χ1n) is 9.04. The summed E-state index contributed by atoms with van der Waals surface area (Å²) in [5, 5.41) is 7.24. The molecule has 0 spiro atoms. The van der Waals surface area contributed by atoms with Crippen molar-refractivity contribution in [1.82, 2.24) is 9.78 Å². The topological polar surface area (TPSA) is 56.2 Å². The maximum Gasteiger partial charge on any atom is 0.235 e.